The molecule has 12 heavy (non-hydrogen) atoms. The van der Waals surface area contributed by atoms with Crippen molar-refractivity contribution < 1.29 is 78.8 Å². The molecule has 0 aromatic heterocycles. The van der Waals surface area contributed by atoms with Crippen molar-refractivity contribution in [1.82, 2.24) is 0 Å². The van der Waals surface area contributed by atoms with E-state index in [2.05, 4.69) is 0 Å². The Balaban J connectivity index is -0.00000000381. The summed E-state index contributed by atoms with van der Waals surface area (Å²) in [7, 11) is -4.94. The van der Waals surface area contributed by atoms with Crippen molar-refractivity contribution >= 4 is 0 Å². The molecule has 12 N–H and O–H groups in total. The maximum Gasteiger partial charge on any atom is 2.00 e. The molecule has 0 atom stereocenters. The van der Waals surface area contributed by atoms with Gasteiger partial charge in [0.05, 0.1) is 0 Å². The van der Waals surface area contributed by atoms with Crippen LogP contribution in [0, 0.1) is 10.2 Å². The van der Waals surface area contributed by atoms with Crippen LogP contribution in [0.25, 0.3) is 0 Å². The van der Waals surface area contributed by atoms with Gasteiger partial charge in [-0.1, -0.05) is 0 Å². The van der Waals surface area contributed by atoms with Gasteiger partial charge >= 0.3 is 17.1 Å². The van der Waals surface area contributed by atoms with E-state index in [1.54, 1.807) is 0 Å². The van der Waals surface area contributed by atoms with Crippen molar-refractivity contribution in [2.75, 3.05) is 0 Å². The average molecular weight is 262 g/mol. The van der Waals surface area contributed by atoms with E-state index in [-0.39, 0.29) is 49.9 Å². The van der Waals surface area contributed by atoms with Gasteiger partial charge in [-0.2, -0.15) is 0 Å². The largest absolute Gasteiger partial charge is 2.00 e. The van der Waals surface area contributed by atoms with Crippen LogP contribution < -0.4 is 18.6 Å². The monoisotopic (exact) mass is 262 g/mol. The van der Waals surface area contributed by atoms with Crippen molar-refractivity contribution in [1.29, 1.82) is 0 Å². The Morgan fingerprint density at radius 1 is 0.500 bits per heavy atom. The third kappa shape index (κ3) is 5500. The minimum atomic E-state index is -4.94. The predicted octanol–water partition coefficient (Wildman–Crippen LogP) is -9.71. The first-order valence-electron chi connectivity index (χ1n) is 0.617. The molecule has 0 fully saturated rings. The molecule has 10 nitrogen and oxygen atoms in total. The van der Waals surface area contributed by atoms with Crippen LogP contribution >= 0.6 is 0 Å². The summed E-state index contributed by atoms with van der Waals surface area (Å²) in [4.78, 5) is 0. The smallest absolute Gasteiger partial charge is 0.412 e. The molecule has 1 radical (unpaired) electrons. The van der Waals surface area contributed by atoms with Crippen LogP contribution in [0.3, 0.4) is 0 Å². The summed E-state index contributed by atoms with van der Waals surface area (Å²) < 4.78 is 34.0. The zero-order valence-electron chi connectivity index (χ0n) is 5.39. The van der Waals surface area contributed by atoms with Crippen molar-refractivity contribution in [3.05, 3.63) is 0 Å². The Hall–Kier alpha value is 0.409. The number of hydrogen-bond acceptors (Lipinski definition) is 4. The third-order valence-electron chi connectivity index (χ3n) is 0. The second kappa shape index (κ2) is 30.1. The van der Waals surface area contributed by atoms with Gasteiger partial charge in [-0.3, -0.25) is 0 Å². The summed E-state index contributed by atoms with van der Waals surface area (Å²) in [6.07, 6.45) is 0. The van der Waals surface area contributed by atoms with E-state index in [0.29, 0.717) is 0 Å². The molecule has 85 valence electrons. The summed E-state index contributed by atoms with van der Waals surface area (Å²) in [5.74, 6) is 0. The molecule has 0 rings (SSSR count). The molecule has 0 aromatic rings. The second-order valence-corrected chi connectivity index (χ2v) is 1.13. The van der Waals surface area contributed by atoms with Gasteiger partial charge in [0.25, 0.3) is 0 Å². The standard InChI is InChI=1S/ClHO4.Mn.6H2O/c2-1(3,4)5;;;;;;;/h(H,2,3,4,5);;6*1H2/q;+2;;;;;;/p-1. The Morgan fingerprint density at radius 2 is 0.500 bits per heavy atom. The van der Waals surface area contributed by atoms with Gasteiger partial charge in [0, 0.05) is 0 Å². The number of rotatable bonds is 0. The molecule has 12 heteroatoms. The van der Waals surface area contributed by atoms with Gasteiger partial charge in [-0.15, -0.1) is 10.2 Å². The van der Waals surface area contributed by atoms with E-state index in [0.717, 1.165) is 0 Å². The van der Waals surface area contributed by atoms with E-state index >= 15 is 0 Å². The van der Waals surface area contributed by atoms with Crippen LogP contribution in [0.15, 0.2) is 0 Å². The maximum atomic E-state index is 8.49. The molecule has 0 bridgehead atoms. The Bertz CT molecular complexity index is 25.3. The molecule has 0 aliphatic carbocycles. The first-order chi connectivity index (χ1) is 2.00. The Kier molecular flexibility index (Phi) is 208. The molecule has 0 unspecified atom stereocenters. The van der Waals surface area contributed by atoms with Crippen LogP contribution in [0.4, 0.5) is 0 Å². The normalized spacial score (nSPS) is 5.00. The summed E-state index contributed by atoms with van der Waals surface area (Å²) in [5.41, 5.74) is 0. The van der Waals surface area contributed by atoms with Gasteiger partial charge in [-0.05, 0) is 0 Å². The van der Waals surface area contributed by atoms with Gasteiger partial charge in [0.1, 0.15) is 0 Å². The third-order valence-corrected chi connectivity index (χ3v) is 0. The maximum absolute atomic E-state index is 8.49. The average Bonchev–Trinajstić information content (AvgIpc) is 0.722. The van der Waals surface area contributed by atoms with Crippen LogP contribution in [0.5, 0.6) is 0 Å². The summed E-state index contributed by atoms with van der Waals surface area (Å²) >= 11 is 0. The Labute approximate surface area is 79.5 Å². The van der Waals surface area contributed by atoms with Crippen molar-refractivity contribution in [2.45, 2.75) is 0 Å². The van der Waals surface area contributed by atoms with E-state index in [1.165, 1.54) is 0 Å². The fourth-order valence-corrected chi connectivity index (χ4v) is 0. The molecule has 0 aromatic carbocycles. The van der Waals surface area contributed by atoms with E-state index in [9.17, 15) is 0 Å². The van der Waals surface area contributed by atoms with Gasteiger partial charge in [0.2, 0.25) is 0 Å². The molecule has 0 aliphatic heterocycles. The van der Waals surface area contributed by atoms with Crippen LogP contribution in [-0.4, -0.2) is 32.9 Å². The number of hydrogen-bond donors (Lipinski definition) is 0. The zero-order valence-corrected chi connectivity index (χ0v) is 7.33. The quantitative estimate of drug-likeness (QED) is 0.384. The van der Waals surface area contributed by atoms with Crippen LogP contribution in [0.1, 0.15) is 0 Å². The fourth-order valence-electron chi connectivity index (χ4n) is 0. The van der Waals surface area contributed by atoms with E-state index in [1.807, 2.05) is 0 Å². The first-order valence-corrected chi connectivity index (χ1v) is 1.85. The van der Waals surface area contributed by atoms with Crippen LogP contribution in [0.2, 0.25) is 0 Å². The van der Waals surface area contributed by atoms with Gasteiger partial charge < -0.3 is 32.9 Å². The van der Waals surface area contributed by atoms with Gasteiger partial charge in [0.15, 0.2) is 0 Å². The predicted molar refractivity (Wildman–Crippen MR) is 21.7 cm³/mol. The molecule has 0 amide bonds. The summed E-state index contributed by atoms with van der Waals surface area (Å²) in [5, 5.41) is 0. The van der Waals surface area contributed by atoms with Crippen LogP contribution in [-0.2, 0) is 17.1 Å². The SMILES string of the molecule is O.O.O.O.O.O.[Mn+2].[O-][Cl+3]([O-])([O-])[O-]. The molecular formula is H12ClMnO10+. The van der Waals surface area contributed by atoms with Crippen molar-refractivity contribution in [2.24, 2.45) is 0 Å². The van der Waals surface area contributed by atoms with E-state index < -0.39 is 10.2 Å². The minimum absolute atomic E-state index is 0. The molecule has 0 heterocycles. The minimum Gasteiger partial charge on any atom is -0.412 e. The molecule has 0 saturated carbocycles. The summed E-state index contributed by atoms with van der Waals surface area (Å²) in [6.45, 7) is 0. The van der Waals surface area contributed by atoms with E-state index in [4.69, 9.17) is 18.6 Å². The van der Waals surface area contributed by atoms with Crippen molar-refractivity contribution in [3.63, 3.8) is 0 Å². The first kappa shape index (κ1) is 83.1. The molecule has 0 spiro atoms. The fraction of sp³-hybridized carbons (Fsp3) is 0. The number of halogens is 1. The topological polar surface area (TPSA) is 281 Å². The zero-order chi connectivity index (χ0) is 4.50. The van der Waals surface area contributed by atoms with Crippen molar-refractivity contribution in [3.8, 4) is 0 Å². The summed E-state index contributed by atoms with van der Waals surface area (Å²) in [6, 6.07) is 0. The Morgan fingerprint density at radius 3 is 0.500 bits per heavy atom. The molecule has 0 aliphatic rings. The second-order valence-electron chi connectivity index (χ2n) is 0.378. The molecular weight excluding hydrogens is 250 g/mol. The molecule has 0 saturated heterocycles. The van der Waals surface area contributed by atoms with Gasteiger partial charge in [-0.25, -0.2) is 18.6 Å².